The SMILES string of the molecule is CCCCOCCN1CCCC(C(C)NCCC)C1. The molecule has 1 heterocycles. The van der Waals surface area contributed by atoms with Gasteiger partial charge in [-0.1, -0.05) is 20.3 Å². The van der Waals surface area contributed by atoms with Gasteiger partial charge in [0.25, 0.3) is 0 Å². The molecule has 1 fully saturated rings. The van der Waals surface area contributed by atoms with Gasteiger partial charge in [-0.25, -0.2) is 0 Å². The number of rotatable bonds is 10. The summed E-state index contributed by atoms with van der Waals surface area (Å²) in [4.78, 5) is 2.59. The Hall–Kier alpha value is -0.120. The first-order valence-electron chi connectivity index (χ1n) is 8.31. The molecule has 114 valence electrons. The zero-order chi connectivity index (χ0) is 13.9. The van der Waals surface area contributed by atoms with E-state index < -0.39 is 0 Å². The van der Waals surface area contributed by atoms with Crippen molar-refractivity contribution in [1.82, 2.24) is 10.2 Å². The maximum atomic E-state index is 5.68. The molecule has 0 radical (unpaired) electrons. The van der Waals surface area contributed by atoms with E-state index in [1.807, 2.05) is 0 Å². The number of unbranched alkanes of at least 4 members (excludes halogenated alkanes) is 1. The Labute approximate surface area is 120 Å². The summed E-state index contributed by atoms with van der Waals surface area (Å²) in [5.41, 5.74) is 0. The van der Waals surface area contributed by atoms with Crippen LogP contribution >= 0.6 is 0 Å². The van der Waals surface area contributed by atoms with Crippen LogP contribution in [0.25, 0.3) is 0 Å². The second-order valence-electron chi connectivity index (χ2n) is 5.91. The standard InChI is InChI=1S/C16H34N2O/c1-4-6-12-19-13-11-18-10-7-8-16(14-18)15(3)17-9-5-2/h15-17H,4-14H2,1-3H3. The molecular weight excluding hydrogens is 236 g/mol. The number of nitrogens with one attached hydrogen (secondary N) is 1. The first-order valence-corrected chi connectivity index (χ1v) is 8.31. The first-order chi connectivity index (χ1) is 9.27. The summed E-state index contributed by atoms with van der Waals surface area (Å²) in [6.45, 7) is 13.4. The Morgan fingerprint density at radius 3 is 2.84 bits per heavy atom. The predicted molar refractivity (Wildman–Crippen MR) is 82.6 cm³/mol. The molecule has 3 heteroatoms. The first kappa shape index (κ1) is 16.9. The second kappa shape index (κ2) is 10.6. The van der Waals surface area contributed by atoms with Gasteiger partial charge < -0.3 is 15.0 Å². The lowest BCUT2D eigenvalue weighted by atomic mass is 9.91. The smallest absolute Gasteiger partial charge is 0.0593 e. The van der Waals surface area contributed by atoms with Crippen molar-refractivity contribution in [2.24, 2.45) is 5.92 Å². The molecule has 1 aliphatic heterocycles. The Bertz CT molecular complexity index is 211. The third-order valence-electron chi connectivity index (χ3n) is 4.16. The Balaban J connectivity index is 2.14. The van der Waals surface area contributed by atoms with Crippen LogP contribution in [0.15, 0.2) is 0 Å². The fourth-order valence-electron chi connectivity index (χ4n) is 2.78. The van der Waals surface area contributed by atoms with Crippen molar-refractivity contribution in [3.63, 3.8) is 0 Å². The average Bonchev–Trinajstić information content (AvgIpc) is 2.45. The van der Waals surface area contributed by atoms with Crippen LogP contribution in [-0.4, -0.2) is 50.3 Å². The molecule has 1 rings (SSSR count). The average molecular weight is 270 g/mol. The summed E-state index contributed by atoms with van der Waals surface area (Å²) >= 11 is 0. The van der Waals surface area contributed by atoms with Gasteiger partial charge in [0, 0.05) is 25.7 Å². The molecule has 0 aliphatic carbocycles. The van der Waals surface area contributed by atoms with Gasteiger partial charge in [-0.2, -0.15) is 0 Å². The number of hydrogen-bond donors (Lipinski definition) is 1. The van der Waals surface area contributed by atoms with E-state index in [2.05, 4.69) is 31.0 Å². The van der Waals surface area contributed by atoms with Gasteiger partial charge in [0.1, 0.15) is 0 Å². The highest BCUT2D eigenvalue weighted by molar-refractivity contribution is 4.80. The Morgan fingerprint density at radius 2 is 2.11 bits per heavy atom. The fraction of sp³-hybridized carbons (Fsp3) is 1.00. The van der Waals surface area contributed by atoms with Gasteiger partial charge in [-0.05, 0) is 51.6 Å². The van der Waals surface area contributed by atoms with Gasteiger partial charge in [0.2, 0.25) is 0 Å². The van der Waals surface area contributed by atoms with Crippen LogP contribution < -0.4 is 5.32 Å². The van der Waals surface area contributed by atoms with Crippen molar-refractivity contribution >= 4 is 0 Å². The molecule has 2 atom stereocenters. The third kappa shape index (κ3) is 7.28. The molecule has 0 aromatic rings. The quantitative estimate of drug-likeness (QED) is 0.618. The minimum atomic E-state index is 0.656. The topological polar surface area (TPSA) is 24.5 Å². The number of nitrogens with zero attached hydrogens (tertiary/aromatic N) is 1. The molecule has 0 saturated carbocycles. The molecule has 0 spiro atoms. The highest BCUT2D eigenvalue weighted by Crippen LogP contribution is 2.19. The van der Waals surface area contributed by atoms with Gasteiger partial charge in [0.15, 0.2) is 0 Å². The molecule has 0 aromatic carbocycles. The highest BCUT2D eigenvalue weighted by Gasteiger charge is 2.23. The number of likely N-dealkylation sites (tertiary alicyclic amines) is 1. The van der Waals surface area contributed by atoms with Crippen molar-refractivity contribution in [3.8, 4) is 0 Å². The van der Waals surface area contributed by atoms with E-state index in [-0.39, 0.29) is 0 Å². The molecule has 3 nitrogen and oxygen atoms in total. The molecule has 1 aliphatic rings. The van der Waals surface area contributed by atoms with Crippen LogP contribution in [0.1, 0.15) is 52.9 Å². The van der Waals surface area contributed by atoms with Crippen LogP contribution in [0.2, 0.25) is 0 Å². The molecule has 2 unspecified atom stereocenters. The van der Waals surface area contributed by atoms with Crippen molar-refractivity contribution in [2.45, 2.75) is 58.9 Å². The highest BCUT2D eigenvalue weighted by atomic mass is 16.5. The van der Waals surface area contributed by atoms with Gasteiger partial charge in [0.05, 0.1) is 6.61 Å². The van der Waals surface area contributed by atoms with Gasteiger partial charge in [-0.15, -0.1) is 0 Å². The van der Waals surface area contributed by atoms with E-state index in [0.717, 1.165) is 32.2 Å². The van der Waals surface area contributed by atoms with Crippen molar-refractivity contribution < 1.29 is 4.74 Å². The summed E-state index contributed by atoms with van der Waals surface area (Å²) in [5, 5.41) is 3.65. The number of piperidine rings is 1. The van der Waals surface area contributed by atoms with Gasteiger partial charge in [-0.3, -0.25) is 0 Å². The lowest BCUT2D eigenvalue weighted by molar-refractivity contribution is 0.0779. The van der Waals surface area contributed by atoms with Crippen LogP contribution in [-0.2, 0) is 4.74 Å². The van der Waals surface area contributed by atoms with Crippen LogP contribution in [0, 0.1) is 5.92 Å². The molecule has 0 bridgehead atoms. The molecular formula is C16H34N2O. The summed E-state index contributed by atoms with van der Waals surface area (Å²) in [6, 6.07) is 0.656. The molecule has 19 heavy (non-hydrogen) atoms. The predicted octanol–water partition coefficient (Wildman–Crippen LogP) is 2.90. The number of ether oxygens (including phenoxy) is 1. The number of hydrogen-bond acceptors (Lipinski definition) is 3. The van der Waals surface area contributed by atoms with Gasteiger partial charge >= 0.3 is 0 Å². The van der Waals surface area contributed by atoms with E-state index in [1.54, 1.807) is 0 Å². The molecule has 1 N–H and O–H groups in total. The molecule has 0 amide bonds. The molecule has 1 saturated heterocycles. The maximum Gasteiger partial charge on any atom is 0.0593 e. The summed E-state index contributed by atoms with van der Waals surface area (Å²) < 4.78 is 5.68. The Morgan fingerprint density at radius 1 is 1.26 bits per heavy atom. The molecule has 0 aromatic heterocycles. The van der Waals surface area contributed by atoms with E-state index in [1.165, 1.54) is 45.2 Å². The van der Waals surface area contributed by atoms with Crippen molar-refractivity contribution in [2.75, 3.05) is 39.4 Å². The van der Waals surface area contributed by atoms with E-state index >= 15 is 0 Å². The zero-order valence-electron chi connectivity index (χ0n) is 13.3. The summed E-state index contributed by atoms with van der Waals surface area (Å²) in [6.07, 6.45) is 6.38. The van der Waals surface area contributed by atoms with Crippen molar-refractivity contribution in [3.05, 3.63) is 0 Å². The van der Waals surface area contributed by atoms with Crippen LogP contribution in [0.3, 0.4) is 0 Å². The lowest BCUT2D eigenvalue weighted by Gasteiger charge is -2.36. The minimum absolute atomic E-state index is 0.656. The Kier molecular flexibility index (Phi) is 9.48. The third-order valence-corrected chi connectivity index (χ3v) is 4.16. The normalized spacial score (nSPS) is 22.6. The van der Waals surface area contributed by atoms with Crippen LogP contribution in [0.4, 0.5) is 0 Å². The maximum absolute atomic E-state index is 5.68. The van der Waals surface area contributed by atoms with Crippen LogP contribution in [0.5, 0.6) is 0 Å². The van der Waals surface area contributed by atoms with E-state index in [9.17, 15) is 0 Å². The monoisotopic (exact) mass is 270 g/mol. The van der Waals surface area contributed by atoms with E-state index in [0.29, 0.717) is 6.04 Å². The van der Waals surface area contributed by atoms with E-state index in [4.69, 9.17) is 4.74 Å². The second-order valence-corrected chi connectivity index (χ2v) is 5.91. The zero-order valence-corrected chi connectivity index (χ0v) is 13.3. The summed E-state index contributed by atoms with van der Waals surface area (Å²) in [5.74, 6) is 0.816. The minimum Gasteiger partial charge on any atom is -0.380 e. The van der Waals surface area contributed by atoms with Crippen molar-refractivity contribution in [1.29, 1.82) is 0 Å². The lowest BCUT2D eigenvalue weighted by Crippen LogP contribution is -2.45. The largest absolute Gasteiger partial charge is 0.380 e. The fourth-order valence-corrected chi connectivity index (χ4v) is 2.78. The summed E-state index contributed by atoms with van der Waals surface area (Å²) in [7, 11) is 0.